The maximum Gasteiger partial charge on any atom is 0.354 e. The van der Waals surface area contributed by atoms with Gasteiger partial charge in [0.15, 0.2) is 11.6 Å². The highest BCUT2D eigenvalue weighted by Crippen LogP contribution is 2.13. The Bertz CT molecular complexity index is 619. The molecule has 4 nitrogen and oxygen atoms in total. The van der Waals surface area contributed by atoms with Gasteiger partial charge >= 0.3 is 5.69 Å². The van der Waals surface area contributed by atoms with Crippen molar-refractivity contribution in [1.29, 1.82) is 0 Å². The van der Waals surface area contributed by atoms with Gasteiger partial charge in [0.25, 0.3) is 0 Å². The van der Waals surface area contributed by atoms with Gasteiger partial charge in [0, 0.05) is 0 Å². The van der Waals surface area contributed by atoms with E-state index in [0.717, 1.165) is 10.8 Å². The smallest absolute Gasteiger partial charge is 0.354 e. The fourth-order valence-corrected chi connectivity index (χ4v) is 1.41. The van der Waals surface area contributed by atoms with Crippen molar-refractivity contribution >= 4 is 11.5 Å². The van der Waals surface area contributed by atoms with Crippen LogP contribution in [0.5, 0.6) is 0 Å². The zero-order chi connectivity index (χ0) is 12.4. The third-order valence-electron chi connectivity index (χ3n) is 2.31. The fourth-order valence-electron chi connectivity index (χ4n) is 1.41. The maximum absolute atomic E-state index is 13.2. The van der Waals surface area contributed by atoms with Gasteiger partial charge in [-0.1, -0.05) is 36.9 Å². The van der Waals surface area contributed by atoms with Crippen molar-refractivity contribution in [1.82, 2.24) is 9.55 Å². The van der Waals surface area contributed by atoms with E-state index in [1.165, 1.54) is 0 Å². The molecular weight excluding hydrogens is 221 g/mol. The molecule has 0 aliphatic carbocycles. The number of nitrogens with zero attached hydrogens (tertiary/aromatic N) is 2. The summed E-state index contributed by atoms with van der Waals surface area (Å²) in [6.07, 6.45) is 0.986. The Morgan fingerprint density at radius 3 is 2.65 bits per heavy atom. The summed E-state index contributed by atoms with van der Waals surface area (Å²) in [5.41, 5.74) is 5.60. The van der Waals surface area contributed by atoms with Crippen LogP contribution in [0, 0.1) is 5.82 Å². The minimum absolute atomic E-state index is 0.349. The Balaban J connectivity index is 2.52. The number of benzene rings is 1. The van der Waals surface area contributed by atoms with Crippen LogP contribution in [-0.4, -0.2) is 9.55 Å². The van der Waals surface area contributed by atoms with Gasteiger partial charge < -0.3 is 5.73 Å². The van der Waals surface area contributed by atoms with Crippen molar-refractivity contribution in [2.24, 2.45) is 0 Å². The number of rotatable bonds is 2. The molecule has 0 saturated carbocycles. The number of hydrogen-bond donors (Lipinski definition) is 1. The van der Waals surface area contributed by atoms with Crippen LogP contribution >= 0.6 is 0 Å². The van der Waals surface area contributed by atoms with Crippen LogP contribution in [0.1, 0.15) is 5.56 Å². The molecule has 2 aromatic rings. The minimum Gasteiger partial charge on any atom is -0.381 e. The van der Waals surface area contributed by atoms with E-state index in [1.54, 1.807) is 24.3 Å². The molecule has 0 aliphatic heterocycles. The van der Waals surface area contributed by atoms with E-state index < -0.39 is 17.3 Å². The van der Waals surface area contributed by atoms with Crippen molar-refractivity contribution in [3.8, 4) is 0 Å². The van der Waals surface area contributed by atoms with Crippen molar-refractivity contribution < 1.29 is 4.39 Å². The predicted molar refractivity (Wildman–Crippen MR) is 63.7 cm³/mol. The van der Waals surface area contributed by atoms with Gasteiger partial charge in [-0.05, 0) is 5.56 Å². The molecule has 0 fully saturated rings. The van der Waals surface area contributed by atoms with E-state index in [-0.39, 0.29) is 0 Å². The van der Waals surface area contributed by atoms with E-state index in [9.17, 15) is 9.18 Å². The van der Waals surface area contributed by atoms with E-state index >= 15 is 0 Å². The second-order valence-electron chi connectivity index (χ2n) is 3.44. The molecule has 0 radical (unpaired) electrons. The summed E-state index contributed by atoms with van der Waals surface area (Å²) in [5, 5.41) is 0. The van der Waals surface area contributed by atoms with Gasteiger partial charge in [-0.15, -0.1) is 0 Å². The fraction of sp³-hybridized carbons (Fsp3) is 0. The second-order valence-corrected chi connectivity index (χ2v) is 3.44. The summed E-state index contributed by atoms with van der Waals surface area (Å²) in [7, 11) is 0. The van der Waals surface area contributed by atoms with Crippen molar-refractivity contribution in [3.63, 3.8) is 0 Å². The van der Waals surface area contributed by atoms with Crippen LogP contribution in [0.3, 0.4) is 0 Å². The van der Waals surface area contributed by atoms with Gasteiger partial charge in [-0.3, -0.25) is 4.57 Å². The molecule has 2 rings (SSSR count). The molecule has 1 heterocycles. The normalized spacial score (nSPS) is 10.2. The topological polar surface area (TPSA) is 60.9 Å². The zero-order valence-corrected chi connectivity index (χ0v) is 8.93. The van der Waals surface area contributed by atoms with Crippen molar-refractivity contribution in [2.75, 3.05) is 5.73 Å². The van der Waals surface area contributed by atoms with Gasteiger partial charge in [0.2, 0.25) is 0 Å². The number of nitrogen functional groups attached to an aromatic ring is 1. The molecule has 86 valence electrons. The second kappa shape index (κ2) is 4.21. The molecule has 0 aliphatic rings. The number of halogens is 1. The molecule has 0 bridgehead atoms. The molecule has 1 aromatic heterocycles. The van der Waals surface area contributed by atoms with Crippen LogP contribution in [0.2, 0.25) is 0 Å². The van der Waals surface area contributed by atoms with Gasteiger partial charge in [-0.2, -0.15) is 4.98 Å². The summed E-state index contributed by atoms with van der Waals surface area (Å²) >= 11 is 0. The molecule has 2 N–H and O–H groups in total. The van der Waals surface area contributed by atoms with Crippen LogP contribution in [-0.2, 0) is 0 Å². The minimum atomic E-state index is -0.748. The first-order valence-corrected chi connectivity index (χ1v) is 4.89. The summed E-state index contributed by atoms with van der Waals surface area (Å²) in [6, 6.07) is 8.96. The number of anilines is 1. The average molecular weight is 231 g/mol. The largest absolute Gasteiger partial charge is 0.381 e. The maximum atomic E-state index is 13.2. The lowest BCUT2D eigenvalue weighted by molar-refractivity contribution is 0.609. The van der Waals surface area contributed by atoms with E-state index in [1.807, 2.05) is 6.07 Å². The Morgan fingerprint density at radius 2 is 2.00 bits per heavy atom. The molecule has 0 unspecified atom stereocenters. The lowest BCUT2D eigenvalue weighted by Crippen LogP contribution is -2.24. The third-order valence-corrected chi connectivity index (χ3v) is 2.31. The van der Waals surface area contributed by atoms with Crippen LogP contribution in [0.15, 0.2) is 47.9 Å². The van der Waals surface area contributed by atoms with E-state index in [0.29, 0.717) is 11.3 Å². The van der Waals surface area contributed by atoms with Crippen LogP contribution < -0.4 is 11.4 Å². The molecule has 17 heavy (non-hydrogen) atoms. The third kappa shape index (κ3) is 2.08. The number of aromatic nitrogens is 2. The Labute approximate surface area is 96.8 Å². The Hall–Kier alpha value is -2.43. The van der Waals surface area contributed by atoms with Crippen LogP contribution in [0.4, 0.5) is 10.2 Å². The molecule has 0 saturated heterocycles. The predicted octanol–water partition coefficient (Wildman–Crippen LogP) is 1.48. The standard InChI is InChI=1S/C12H10FN3O/c1-8(9-5-3-2-4-6-9)16-7-10(13)11(14)15-12(16)17/h2-7H,1H2,(H2,14,15,17). The summed E-state index contributed by atoms with van der Waals surface area (Å²) in [6.45, 7) is 3.74. The lowest BCUT2D eigenvalue weighted by Gasteiger charge is -2.09. The summed E-state index contributed by atoms with van der Waals surface area (Å²) < 4.78 is 14.3. The zero-order valence-electron chi connectivity index (χ0n) is 8.93. The summed E-state index contributed by atoms with van der Waals surface area (Å²) in [5.74, 6) is -1.16. The Morgan fingerprint density at radius 1 is 1.35 bits per heavy atom. The molecule has 1 aromatic carbocycles. The number of nitrogens with two attached hydrogens (primary N) is 1. The average Bonchev–Trinajstić information content (AvgIpc) is 2.34. The molecule has 0 amide bonds. The Kier molecular flexibility index (Phi) is 2.74. The molecular formula is C12H10FN3O. The monoisotopic (exact) mass is 231 g/mol. The molecule has 0 atom stereocenters. The molecule has 5 heteroatoms. The van der Waals surface area contributed by atoms with Crippen LogP contribution in [0.25, 0.3) is 5.70 Å². The quantitative estimate of drug-likeness (QED) is 0.851. The van der Waals surface area contributed by atoms with Crippen molar-refractivity contribution in [2.45, 2.75) is 0 Å². The van der Waals surface area contributed by atoms with Gasteiger partial charge in [0.1, 0.15) is 0 Å². The SMILES string of the molecule is C=C(c1ccccc1)n1cc(F)c(N)nc1=O. The van der Waals surface area contributed by atoms with Gasteiger partial charge in [0.05, 0.1) is 11.9 Å². The van der Waals surface area contributed by atoms with Crippen molar-refractivity contribution in [3.05, 3.63) is 65.0 Å². The first kappa shape index (κ1) is 11.1. The first-order chi connectivity index (χ1) is 8.09. The lowest BCUT2D eigenvalue weighted by atomic mass is 10.2. The highest BCUT2D eigenvalue weighted by Gasteiger charge is 2.08. The summed E-state index contributed by atoms with van der Waals surface area (Å²) in [4.78, 5) is 14.9. The number of hydrogen-bond acceptors (Lipinski definition) is 3. The van der Waals surface area contributed by atoms with E-state index in [4.69, 9.17) is 5.73 Å². The van der Waals surface area contributed by atoms with Gasteiger partial charge in [-0.25, -0.2) is 9.18 Å². The highest BCUT2D eigenvalue weighted by atomic mass is 19.1. The first-order valence-electron chi connectivity index (χ1n) is 4.89. The highest BCUT2D eigenvalue weighted by molar-refractivity contribution is 5.63. The molecule has 0 spiro atoms. The van der Waals surface area contributed by atoms with E-state index in [2.05, 4.69) is 11.6 Å².